The number of amides is 1. The highest BCUT2D eigenvalue weighted by atomic mass is 16.3. The number of carbonyl (C=O) groups excluding carboxylic acids is 1. The van der Waals surface area contributed by atoms with Crippen LogP contribution in [0, 0.1) is 6.92 Å². The van der Waals surface area contributed by atoms with Gasteiger partial charge in [-0.25, -0.2) is 0 Å². The SMILES string of the molecule is Cc1ccccc1-c1ccccc1C(=O)N(C)CCC1(O)CCCC1. The zero-order valence-corrected chi connectivity index (χ0v) is 15.2. The summed E-state index contributed by atoms with van der Waals surface area (Å²) in [6, 6.07) is 15.9. The largest absolute Gasteiger partial charge is 0.390 e. The Bertz CT molecular complexity index is 747. The number of nitrogens with zero attached hydrogens (tertiary/aromatic N) is 1. The second-order valence-corrected chi connectivity index (χ2v) is 7.27. The van der Waals surface area contributed by atoms with Crippen molar-refractivity contribution in [2.45, 2.75) is 44.6 Å². The van der Waals surface area contributed by atoms with Crippen molar-refractivity contribution in [2.75, 3.05) is 13.6 Å². The second kappa shape index (κ2) is 7.40. The summed E-state index contributed by atoms with van der Waals surface area (Å²) in [5, 5.41) is 10.5. The van der Waals surface area contributed by atoms with E-state index in [2.05, 4.69) is 19.1 Å². The molecule has 1 N–H and O–H groups in total. The van der Waals surface area contributed by atoms with E-state index in [9.17, 15) is 9.90 Å². The average molecular weight is 337 g/mol. The van der Waals surface area contributed by atoms with Crippen LogP contribution in [-0.2, 0) is 0 Å². The minimum absolute atomic E-state index is 0.0143. The Hall–Kier alpha value is -2.13. The van der Waals surface area contributed by atoms with Crippen LogP contribution >= 0.6 is 0 Å². The van der Waals surface area contributed by atoms with Gasteiger partial charge in [-0.05, 0) is 48.9 Å². The Morgan fingerprint density at radius 1 is 1.04 bits per heavy atom. The molecule has 0 unspecified atom stereocenters. The smallest absolute Gasteiger partial charge is 0.254 e. The van der Waals surface area contributed by atoms with Crippen LogP contribution in [0.3, 0.4) is 0 Å². The van der Waals surface area contributed by atoms with Crippen LogP contribution in [-0.4, -0.2) is 35.1 Å². The zero-order chi connectivity index (χ0) is 17.9. The molecule has 3 nitrogen and oxygen atoms in total. The number of hydrogen-bond acceptors (Lipinski definition) is 2. The summed E-state index contributed by atoms with van der Waals surface area (Å²) in [5.41, 5.74) is 3.36. The Morgan fingerprint density at radius 2 is 1.64 bits per heavy atom. The third-order valence-electron chi connectivity index (χ3n) is 5.39. The first-order valence-corrected chi connectivity index (χ1v) is 9.13. The topological polar surface area (TPSA) is 40.5 Å². The highest BCUT2D eigenvalue weighted by Gasteiger charge is 2.31. The van der Waals surface area contributed by atoms with Gasteiger partial charge in [0.05, 0.1) is 5.60 Å². The quantitative estimate of drug-likeness (QED) is 0.877. The fourth-order valence-corrected chi connectivity index (χ4v) is 3.75. The molecule has 0 saturated heterocycles. The van der Waals surface area contributed by atoms with Crippen LogP contribution in [0.4, 0.5) is 0 Å². The van der Waals surface area contributed by atoms with Crippen molar-refractivity contribution in [1.29, 1.82) is 0 Å². The number of aryl methyl sites for hydroxylation is 1. The summed E-state index contributed by atoms with van der Waals surface area (Å²) < 4.78 is 0. The molecule has 0 aromatic heterocycles. The molecule has 132 valence electrons. The van der Waals surface area contributed by atoms with Crippen molar-refractivity contribution >= 4 is 5.91 Å². The minimum atomic E-state index is -0.579. The highest BCUT2D eigenvalue weighted by Crippen LogP contribution is 2.33. The van der Waals surface area contributed by atoms with E-state index in [0.29, 0.717) is 13.0 Å². The summed E-state index contributed by atoms with van der Waals surface area (Å²) in [6.45, 7) is 2.65. The molecule has 0 aliphatic heterocycles. The van der Waals surface area contributed by atoms with Crippen LogP contribution < -0.4 is 0 Å². The van der Waals surface area contributed by atoms with Crippen molar-refractivity contribution in [3.05, 3.63) is 59.7 Å². The molecular weight excluding hydrogens is 310 g/mol. The Balaban J connectivity index is 1.79. The van der Waals surface area contributed by atoms with Gasteiger partial charge in [0, 0.05) is 19.2 Å². The zero-order valence-electron chi connectivity index (χ0n) is 15.2. The van der Waals surface area contributed by atoms with Gasteiger partial charge in [0.25, 0.3) is 5.91 Å². The molecule has 0 bridgehead atoms. The lowest BCUT2D eigenvalue weighted by Gasteiger charge is -2.26. The van der Waals surface area contributed by atoms with Crippen molar-refractivity contribution in [3.8, 4) is 11.1 Å². The number of carbonyl (C=O) groups is 1. The van der Waals surface area contributed by atoms with Gasteiger partial charge in [0.15, 0.2) is 0 Å². The molecule has 3 heteroatoms. The second-order valence-electron chi connectivity index (χ2n) is 7.27. The summed E-state index contributed by atoms with van der Waals surface area (Å²) in [7, 11) is 1.83. The van der Waals surface area contributed by atoms with E-state index in [1.807, 2.05) is 43.4 Å². The summed E-state index contributed by atoms with van der Waals surface area (Å²) in [5.74, 6) is 0.0143. The number of hydrogen-bond donors (Lipinski definition) is 1. The lowest BCUT2D eigenvalue weighted by Crippen LogP contribution is -2.34. The Labute approximate surface area is 150 Å². The Morgan fingerprint density at radius 3 is 2.32 bits per heavy atom. The summed E-state index contributed by atoms with van der Waals surface area (Å²) >= 11 is 0. The van der Waals surface area contributed by atoms with E-state index in [1.54, 1.807) is 4.90 Å². The standard InChI is InChI=1S/C22H27NO2/c1-17-9-3-4-10-18(17)19-11-5-6-12-20(19)21(24)23(2)16-15-22(25)13-7-8-14-22/h3-6,9-12,25H,7-8,13-16H2,1-2H3. The summed E-state index contributed by atoms with van der Waals surface area (Å²) in [6.07, 6.45) is 4.54. The van der Waals surface area contributed by atoms with Gasteiger partial charge < -0.3 is 10.0 Å². The molecule has 1 aliphatic carbocycles. The first kappa shape index (κ1) is 17.7. The number of aliphatic hydroxyl groups is 1. The molecular formula is C22H27NO2. The van der Waals surface area contributed by atoms with Crippen molar-refractivity contribution in [2.24, 2.45) is 0 Å². The lowest BCUT2D eigenvalue weighted by atomic mass is 9.95. The first-order chi connectivity index (χ1) is 12.0. The van der Waals surface area contributed by atoms with Gasteiger partial charge in [0.2, 0.25) is 0 Å². The minimum Gasteiger partial charge on any atom is -0.390 e. The van der Waals surface area contributed by atoms with Gasteiger partial charge in [-0.3, -0.25) is 4.79 Å². The molecule has 2 aromatic carbocycles. The van der Waals surface area contributed by atoms with Crippen molar-refractivity contribution in [1.82, 2.24) is 4.90 Å². The predicted molar refractivity (Wildman–Crippen MR) is 102 cm³/mol. The lowest BCUT2D eigenvalue weighted by molar-refractivity contribution is 0.0296. The highest BCUT2D eigenvalue weighted by molar-refractivity contribution is 6.01. The molecule has 0 heterocycles. The Kier molecular flexibility index (Phi) is 5.24. The van der Waals surface area contributed by atoms with Gasteiger partial charge >= 0.3 is 0 Å². The van der Waals surface area contributed by atoms with Gasteiger partial charge in [-0.2, -0.15) is 0 Å². The third-order valence-corrected chi connectivity index (χ3v) is 5.39. The normalized spacial score (nSPS) is 16.0. The van der Waals surface area contributed by atoms with E-state index in [0.717, 1.165) is 47.9 Å². The van der Waals surface area contributed by atoms with E-state index in [-0.39, 0.29) is 5.91 Å². The predicted octanol–water partition coefficient (Wildman–Crippen LogP) is 4.43. The molecule has 1 fully saturated rings. The molecule has 1 saturated carbocycles. The fraction of sp³-hybridized carbons (Fsp3) is 0.409. The maximum atomic E-state index is 13.0. The first-order valence-electron chi connectivity index (χ1n) is 9.13. The van der Waals surface area contributed by atoms with Crippen LogP contribution in [0.5, 0.6) is 0 Å². The molecule has 0 radical (unpaired) electrons. The van der Waals surface area contributed by atoms with E-state index in [4.69, 9.17) is 0 Å². The number of benzene rings is 2. The average Bonchev–Trinajstić information content (AvgIpc) is 3.06. The summed E-state index contributed by atoms with van der Waals surface area (Å²) in [4.78, 5) is 14.7. The van der Waals surface area contributed by atoms with Crippen LogP contribution in [0.2, 0.25) is 0 Å². The maximum absolute atomic E-state index is 13.0. The maximum Gasteiger partial charge on any atom is 0.254 e. The van der Waals surface area contributed by atoms with Crippen molar-refractivity contribution in [3.63, 3.8) is 0 Å². The van der Waals surface area contributed by atoms with Crippen molar-refractivity contribution < 1.29 is 9.90 Å². The van der Waals surface area contributed by atoms with Gasteiger partial charge in [-0.15, -0.1) is 0 Å². The number of rotatable bonds is 5. The van der Waals surface area contributed by atoms with Crippen LogP contribution in [0.25, 0.3) is 11.1 Å². The molecule has 3 rings (SSSR count). The molecule has 1 amide bonds. The monoisotopic (exact) mass is 337 g/mol. The molecule has 2 aromatic rings. The van der Waals surface area contributed by atoms with Crippen LogP contribution in [0.15, 0.2) is 48.5 Å². The van der Waals surface area contributed by atoms with E-state index < -0.39 is 5.60 Å². The fourth-order valence-electron chi connectivity index (χ4n) is 3.75. The van der Waals surface area contributed by atoms with E-state index >= 15 is 0 Å². The van der Waals surface area contributed by atoms with Crippen LogP contribution in [0.1, 0.15) is 48.0 Å². The van der Waals surface area contributed by atoms with Gasteiger partial charge in [-0.1, -0.05) is 55.3 Å². The molecule has 25 heavy (non-hydrogen) atoms. The molecule has 0 atom stereocenters. The third kappa shape index (κ3) is 3.93. The molecule has 0 spiro atoms. The van der Waals surface area contributed by atoms with E-state index in [1.165, 1.54) is 0 Å². The molecule has 1 aliphatic rings. The van der Waals surface area contributed by atoms with Gasteiger partial charge in [0.1, 0.15) is 0 Å².